The summed E-state index contributed by atoms with van der Waals surface area (Å²) < 4.78 is 41.5. The Morgan fingerprint density at radius 1 is 1.18 bits per heavy atom. The number of benzene rings is 1. The summed E-state index contributed by atoms with van der Waals surface area (Å²) in [6.45, 7) is 3.33. The highest BCUT2D eigenvalue weighted by Gasteiger charge is 2.34. The minimum absolute atomic E-state index is 0.0845. The molecule has 0 unspecified atom stereocenters. The van der Waals surface area contributed by atoms with E-state index >= 15 is 0 Å². The second-order valence-electron chi connectivity index (χ2n) is 6.76. The van der Waals surface area contributed by atoms with Crippen molar-refractivity contribution >= 4 is 27.5 Å². The van der Waals surface area contributed by atoms with Crippen LogP contribution in [0.4, 0.5) is 18.9 Å². The third-order valence-corrected chi connectivity index (χ3v) is 5.11. The van der Waals surface area contributed by atoms with Crippen molar-refractivity contribution < 1.29 is 18.0 Å². The lowest BCUT2D eigenvalue weighted by Gasteiger charge is -2.33. The van der Waals surface area contributed by atoms with Crippen molar-refractivity contribution in [1.29, 1.82) is 0 Å². The summed E-state index contributed by atoms with van der Waals surface area (Å²) in [6.07, 6.45) is -3.06. The molecule has 5 nitrogen and oxygen atoms in total. The first kappa shape index (κ1) is 20.8. The number of hydrogen-bond acceptors (Lipinski definition) is 4. The Morgan fingerprint density at radius 2 is 1.89 bits per heavy atom. The number of rotatable bonds is 4. The first-order chi connectivity index (χ1) is 13.2. The molecule has 9 heteroatoms. The van der Waals surface area contributed by atoms with Gasteiger partial charge in [-0.15, -0.1) is 0 Å². The van der Waals surface area contributed by atoms with Crippen molar-refractivity contribution in [3.8, 4) is 0 Å². The Labute approximate surface area is 169 Å². The summed E-state index contributed by atoms with van der Waals surface area (Å²) in [6, 6.07) is 7.08. The molecule has 0 spiro atoms. The van der Waals surface area contributed by atoms with E-state index in [9.17, 15) is 18.0 Å². The molecule has 0 bridgehead atoms. The molecule has 1 aromatic heterocycles. The van der Waals surface area contributed by atoms with Crippen molar-refractivity contribution in [3.63, 3.8) is 0 Å². The van der Waals surface area contributed by atoms with Crippen LogP contribution in [-0.2, 0) is 12.7 Å². The van der Waals surface area contributed by atoms with Crippen LogP contribution in [0, 0.1) is 0 Å². The molecule has 0 saturated carbocycles. The molecule has 1 aliphatic heterocycles. The van der Waals surface area contributed by atoms with Gasteiger partial charge >= 0.3 is 6.18 Å². The van der Waals surface area contributed by atoms with Gasteiger partial charge in [-0.05, 0) is 36.9 Å². The van der Waals surface area contributed by atoms with Gasteiger partial charge in [-0.2, -0.15) is 13.2 Å². The van der Waals surface area contributed by atoms with E-state index < -0.39 is 17.6 Å². The number of carbonyl (C=O) groups is 1. The van der Waals surface area contributed by atoms with Gasteiger partial charge in [0.2, 0.25) is 0 Å². The molecule has 28 heavy (non-hydrogen) atoms. The van der Waals surface area contributed by atoms with E-state index in [0.29, 0.717) is 4.47 Å². The van der Waals surface area contributed by atoms with Crippen LogP contribution in [0.5, 0.6) is 0 Å². The zero-order valence-corrected chi connectivity index (χ0v) is 16.8. The number of amides is 1. The Hall–Kier alpha value is -1.97. The molecule has 1 amide bonds. The fourth-order valence-electron chi connectivity index (χ4n) is 3.03. The monoisotopic (exact) mass is 456 g/mol. The average molecular weight is 457 g/mol. The Kier molecular flexibility index (Phi) is 6.36. The highest BCUT2D eigenvalue weighted by Crippen LogP contribution is 2.34. The van der Waals surface area contributed by atoms with Gasteiger partial charge < -0.3 is 10.2 Å². The van der Waals surface area contributed by atoms with Crippen molar-refractivity contribution in [1.82, 2.24) is 14.8 Å². The zero-order chi connectivity index (χ0) is 20.3. The molecular formula is C19H20BrF3N4O. The second-order valence-corrected chi connectivity index (χ2v) is 7.68. The molecule has 0 atom stereocenters. The number of pyridine rings is 1. The van der Waals surface area contributed by atoms with Gasteiger partial charge in [-0.3, -0.25) is 14.7 Å². The summed E-state index contributed by atoms with van der Waals surface area (Å²) in [4.78, 5) is 20.4. The van der Waals surface area contributed by atoms with Gasteiger partial charge in [0.25, 0.3) is 5.91 Å². The minimum atomic E-state index is -4.50. The fourth-order valence-corrected chi connectivity index (χ4v) is 3.36. The maximum absolute atomic E-state index is 13.6. The molecule has 1 saturated heterocycles. The summed E-state index contributed by atoms with van der Waals surface area (Å²) in [7, 11) is 2.00. The highest BCUT2D eigenvalue weighted by atomic mass is 79.9. The summed E-state index contributed by atoms with van der Waals surface area (Å²) in [5.74, 6) is -0.568. The molecule has 1 aliphatic rings. The number of likely N-dealkylation sites (N-methyl/N-ethyl adjacent to an activating group) is 1. The average Bonchev–Trinajstić information content (AvgIpc) is 2.64. The fraction of sp³-hybridized carbons (Fsp3) is 0.368. The first-order valence-electron chi connectivity index (χ1n) is 8.76. The number of nitrogens with one attached hydrogen (secondary N) is 1. The second kappa shape index (κ2) is 8.59. The van der Waals surface area contributed by atoms with Gasteiger partial charge in [0.1, 0.15) is 5.69 Å². The molecule has 2 heterocycles. The highest BCUT2D eigenvalue weighted by molar-refractivity contribution is 9.10. The van der Waals surface area contributed by atoms with Crippen LogP contribution in [0.1, 0.15) is 21.6 Å². The maximum atomic E-state index is 13.6. The third-order valence-electron chi connectivity index (χ3n) is 4.62. The number of alkyl halides is 3. The Morgan fingerprint density at radius 3 is 2.54 bits per heavy atom. The molecule has 1 N–H and O–H groups in total. The van der Waals surface area contributed by atoms with Crippen LogP contribution in [0.2, 0.25) is 0 Å². The number of aromatic nitrogens is 1. The molecule has 3 rings (SSSR count). The lowest BCUT2D eigenvalue weighted by atomic mass is 10.0. The van der Waals surface area contributed by atoms with E-state index in [4.69, 9.17) is 0 Å². The number of carbonyl (C=O) groups excluding carboxylic acids is 1. The minimum Gasteiger partial charge on any atom is -0.321 e. The molecule has 0 radical (unpaired) electrons. The van der Waals surface area contributed by atoms with E-state index in [2.05, 4.69) is 31.1 Å². The largest absolute Gasteiger partial charge is 0.416 e. The van der Waals surface area contributed by atoms with Crippen LogP contribution < -0.4 is 5.32 Å². The lowest BCUT2D eigenvalue weighted by molar-refractivity contribution is -0.138. The zero-order valence-electron chi connectivity index (χ0n) is 15.3. The number of anilines is 1. The molecule has 1 aromatic carbocycles. The van der Waals surface area contributed by atoms with E-state index in [1.807, 2.05) is 11.9 Å². The maximum Gasteiger partial charge on any atom is 0.416 e. The van der Waals surface area contributed by atoms with Gasteiger partial charge in [0.15, 0.2) is 0 Å². The smallest absolute Gasteiger partial charge is 0.321 e. The summed E-state index contributed by atoms with van der Waals surface area (Å²) in [5.41, 5.74) is -0.326. The van der Waals surface area contributed by atoms with Gasteiger partial charge in [-0.25, -0.2) is 0 Å². The first-order valence-corrected chi connectivity index (χ1v) is 9.55. The number of piperazine rings is 1. The Balaban J connectivity index is 1.79. The van der Waals surface area contributed by atoms with Crippen molar-refractivity contribution in [2.75, 3.05) is 38.5 Å². The summed E-state index contributed by atoms with van der Waals surface area (Å²) >= 11 is 3.24. The van der Waals surface area contributed by atoms with Crippen LogP contribution in [-0.4, -0.2) is 53.9 Å². The van der Waals surface area contributed by atoms with E-state index in [0.717, 1.165) is 32.2 Å². The predicted octanol–water partition coefficient (Wildman–Crippen LogP) is 3.86. The predicted molar refractivity (Wildman–Crippen MR) is 104 cm³/mol. The summed E-state index contributed by atoms with van der Waals surface area (Å²) in [5, 5.41) is 2.49. The molecular weight excluding hydrogens is 437 g/mol. The third kappa shape index (κ3) is 5.30. The number of hydrogen-bond donors (Lipinski definition) is 1. The quantitative estimate of drug-likeness (QED) is 0.758. The van der Waals surface area contributed by atoms with Crippen LogP contribution in [0.15, 0.2) is 41.0 Å². The van der Waals surface area contributed by atoms with Gasteiger partial charge in [-0.1, -0.05) is 22.0 Å². The van der Waals surface area contributed by atoms with Crippen molar-refractivity contribution in [2.24, 2.45) is 0 Å². The Bertz CT molecular complexity index is 851. The van der Waals surface area contributed by atoms with E-state index in [-0.39, 0.29) is 23.5 Å². The van der Waals surface area contributed by atoms with Crippen molar-refractivity contribution in [3.05, 3.63) is 57.8 Å². The van der Waals surface area contributed by atoms with E-state index in [1.54, 1.807) is 6.07 Å². The topological polar surface area (TPSA) is 48.5 Å². The van der Waals surface area contributed by atoms with Crippen molar-refractivity contribution in [2.45, 2.75) is 12.7 Å². The van der Waals surface area contributed by atoms with Gasteiger partial charge in [0.05, 0.1) is 5.56 Å². The SMILES string of the molecule is CN1CCN(Cc2ccc(NC(=O)c3cc(Br)ccn3)cc2C(F)(F)F)CC1. The van der Waals surface area contributed by atoms with E-state index in [1.165, 1.54) is 24.4 Å². The molecule has 150 valence electrons. The van der Waals surface area contributed by atoms with Crippen LogP contribution >= 0.6 is 15.9 Å². The number of halogens is 4. The normalized spacial score (nSPS) is 16.2. The molecule has 2 aromatic rings. The van der Waals surface area contributed by atoms with Gasteiger partial charge in [0, 0.05) is 49.1 Å². The molecule has 1 fully saturated rings. The van der Waals surface area contributed by atoms with Crippen LogP contribution in [0.3, 0.4) is 0 Å². The standard InChI is InChI=1S/C19H20BrF3N4O/c1-26-6-8-27(9-7-26)12-13-2-3-15(11-16(13)19(21,22)23)25-18(28)17-10-14(20)4-5-24-17/h2-5,10-11H,6-9,12H2,1H3,(H,25,28). The molecule has 0 aliphatic carbocycles. The van der Waals surface area contributed by atoms with Crippen LogP contribution in [0.25, 0.3) is 0 Å². The number of nitrogens with zero attached hydrogens (tertiary/aromatic N) is 3. The lowest BCUT2D eigenvalue weighted by Crippen LogP contribution is -2.44.